The Bertz CT molecular complexity index is 551. The summed E-state index contributed by atoms with van der Waals surface area (Å²) in [6, 6.07) is 6.60. The summed E-state index contributed by atoms with van der Waals surface area (Å²) in [6.07, 6.45) is 6.05. The molecule has 4 nitrogen and oxygen atoms in total. The number of hydrogen-bond donors (Lipinski definition) is 2. The van der Waals surface area contributed by atoms with E-state index < -0.39 is 0 Å². The number of aliphatic hydroxyl groups excluding tert-OH is 1. The summed E-state index contributed by atoms with van der Waals surface area (Å²) in [7, 11) is 1.86. The van der Waals surface area contributed by atoms with E-state index in [4.69, 9.17) is 0 Å². The Morgan fingerprint density at radius 1 is 1.21 bits per heavy atom. The molecule has 1 unspecified atom stereocenters. The first-order valence-corrected chi connectivity index (χ1v) is 8.98. The second-order valence-electron chi connectivity index (χ2n) is 7.28. The number of carbonyl (C=O) groups is 1. The predicted molar refractivity (Wildman–Crippen MR) is 91.0 cm³/mol. The summed E-state index contributed by atoms with van der Waals surface area (Å²) in [5.41, 5.74) is 0.977. The van der Waals surface area contributed by atoms with Crippen molar-refractivity contribution in [1.82, 2.24) is 10.2 Å². The van der Waals surface area contributed by atoms with Gasteiger partial charge in [0, 0.05) is 19.7 Å². The van der Waals surface area contributed by atoms with Crippen LogP contribution < -0.4 is 5.32 Å². The Balaban J connectivity index is 1.60. The summed E-state index contributed by atoms with van der Waals surface area (Å²) >= 11 is 0. The Labute approximate surface area is 143 Å². The van der Waals surface area contributed by atoms with Gasteiger partial charge < -0.3 is 15.3 Å². The molecule has 2 amide bonds. The maximum Gasteiger partial charge on any atom is 0.317 e. The summed E-state index contributed by atoms with van der Waals surface area (Å²) in [4.78, 5) is 14.5. The third-order valence-corrected chi connectivity index (χ3v) is 5.54. The fraction of sp³-hybridized carbons (Fsp3) is 0.632. The normalized spacial score (nSPS) is 25.1. The molecule has 1 aromatic rings. The van der Waals surface area contributed by atoms with E-state index in [1.165, 1.54) is 12.1 Å². The van der Waals surface area contributed by atoms with Crippen LogP contribution in [0, 0.1) is 17.7 Å². The van der Waals surface area contributed by atoms with Crippen LogP contribution in [0.2, 0.25) is 0 Å². The molecule has 2 N–H and O–H groups in total. The SMILES string of the molecule is CN(C(=O)NC(c1ccc(F)cc1)C1CC1)C1CCC(CO)CC1. The molecule has 2 fully saturated rings. The molecule has 132 valence electrons. The lowest BCUT2D eigenvalue weighted by molar-refractivity contribution is 0.132. The van der Waals surface area contributed by atoms with Gasteiger partial charge in [0.25, 0.3) is 0 Å². The number of nitrogens with zero attached hydrogens (tertiary/aromatic N) is 1. The van der Waals surface area contributed by atoms with Crippen LogP contribution in [0.1, 0.15) is 50.1 Å². The van der Waals surface area contributed by atoms with Gasteiger partial charge in [-0.05, 0) is 68.1 Å². The van der Waals surface area contributed by atoms with Gasteiger partial charge >= 0.3 is 6.03 Å². The molecule has 0 heterocycles. The fourth-order valence-corrected chi connectivity index (χ4v) is 3.69. The minimum Gasteiger partial charge on any atom is -0.396 e. The molecule has 1 aromatic carbocycles. The van der Waals surface area contributed by atoms with Crippen molar-refractivity contribution in [2.45, 2.75) is 50.6 Å². The number of benzene rings is 1. The van der Waals surface area contributed by atoms with E-state index in [0.717, 1.165) is 44.1 Å². The number of halogens is 1. The molecule has 3 rings (SSSR count). The number of carbonyl (C=O) groups excluding carboxylic acids is 1. The van der Waals surface area contributed by atoms with Gasteiger partial charge in [0.1, 0.15) is 5.82 Å². The number of rotatable bonds is 5. The first kappa shape index (κ1) is 17.2. The summed E-state index contributed by atoms with van der Waals surface area (Å²) in [5, 5.41) is 12.4. The van der Waals surface area contributed by atoms with E-state index in [9.17, 15) is 14.3 Å². The molecular weight excluding hydrogens is 307 g/mol. The summed E-state index contributed by atoms with van der Waals surface area (Å²) in [5.74, 6) is 0.589. The molecule has 0 spiro atoms. The van der Waals surface area contributed by atoms with E-state index in [1.54, 1.807) is 12.1 Å². The average molecular weight is 334 g/mol. The van der Waals surface area contributed by atoms with Crippen LogP contribution in [0.5, 0.6) is 0 Å². The molecule has 1 atom stereocenters. The van der Waals surface area contributed by atoms with Crippen LogP contribution in [-0.2, 0) is 0 Å². The minimum absolute atomic E-state index is 0.0330. The predicted octanol–water partition coefficient (Wildman–Crippen LogP) is 3.47. The Morgan fingerprint density at radius 2 is 1.83 bits per heavy atom. The smallest absolute Gasteiger partial charge is 0.317 e. The zero-order chi connectivity index (χ0) is 17.1. The quantitative estimate of drug-likeness (QED) is 0.866. The van der Waals surface area contributed by atoms with Crippen molar-refractivity contribution in [2.24, 2.45) is 11.8 Å². The minimum atomic E-state index is -0.252. The third-order valence-electron chi connectivity index (χ3n) is 5.54. The van der Waals surface area contributed by atoms with Gasteiger partial charge in [0.15, 0.2) is 0 Å². The molecule has 2 aliphatic rings. The highest BCUT2D eigenvalue weighted by Crippen LogP contribution is 2.41. The van der Waals surface area contributed by atoms with E-state index in [0.29, 0.717) is 11.8 Å². The van der Waals surface area contributed by atoms with Gasteiger partial charge in [0.2, 0.25) is 0 Å². The van der Waals surface area contributed by atoms with E-state index in [-0.39, 0.29) is 30.5 Å². The van der Waals surface area contributed by atoms with Crippen molar-refractivity contribution in [2.75, 3.05) is 13.7 Å². The zero-order valence-electron chi connectivity index (χ0n) is 14.2. The molecule has 0 aliphatic heterocycles. The van der Waals surface area contributed by atoms with Gasteiger partial charge in [-0.15, -0.1) is 0 Å². The van der Waals surface area contributed by atoms with Gasteiger partial charge in [0.05, 0.1) is 6.04 Å². The molecule has 2 aliphatic carbocycles. The molecule has 5 heteroatoms. The first-order valence-electron chi connectivity index (χ1n) is 8.98. The maximum absolute atomic E-state index is 13.1. The van der Waals surface area contributed by atoms with E-state index >= 15 is 0 Å². The van der Waals surface area contributed by atoms with Crippen LogP contribution >= 0.6 is 0 Å². The van der Waals surface area contributed by atoms with Gasteiger partial charge in [-0.1, -0.05) is 12.1 Å². The first-order chi connectivity index (χ1) is 11.6. The Morgan fingerprint density at radius 3 is 2.38 bits per heavy atom. The van der Waals surface area contributed by atoms with Gasteiger partial charge in [-0.2, -0.15) is 0 Å². The van der Waals surface area contributed by atoms with Crippen LogP contribution in [0.25, 0.3) is 0 Å². The van der Waals surface area contributed by atoms with Gasteiger partial charge in [-0.25, -0.2) is 9.18 Å². The molecule has 24 heavy (non-hydrogen) atoms. The van der Waals surface area contributed by atoms with Crippen molar-refractivity contribution in [1.29, 1.82) is 0 Å². The van der Waals surface area contributed by atoms with Gasteiger partial charge in [-0.3, -0.25) is 0 Å². The maximum atomic E-state index is 13.1. The van der Waals surface area contributed by atoms with E-state index in [2.05, 4.69) is 5.32 Å². The standard InChI is InChI=1S/C19H27FN2O2/c1-22(17-10-2-13(12-23)3-11-17)19(24)21-18(14-4-5-14)15-6-8-16(20)9-7-15/h6-9,13-14,17-18,23H,2-5,10-12H2,1H3,(H,21,24). The fourth-order valence-electron chi connectivity index (χ4n) is 3.69. The molecular formula is C19H27FN2O2. The lowest BCUT2D eigenvalue weighted by Crippen LogP contribution is -2.46. The van der Waals surface area contributed by atoms with Crippen molar-refractivity contribution in [3.05, 3.63) is 35.6 Å². The second kappa shape index (κ2) is 7.51. The number of aliphatic hydroxyl groups is 1. The number of hydrogen-bond acceptors (Lipinski definition) is 2. The molecule has 2 saturated carbocycles. The average Bonchev–Trinajstić information content (AvgIpc) is 3.45. The largest absolute Gasteiger partial charge is 0.396 e. The van der Waals surface area contributed by atoms with Crippen LogP contribution in [0.15, 0.2) is 24.3 Å². The highest BCUT2D eigenvalue weighted by Gasteiger charge is 2.35. The topological polar surface area (TPSA) is 52.6 Å². The number of nitrogens with one attached hydrogen (secondary N) is 1. The molecule has 0 bridgehead atoms. The summed E-state index contributed by atoms with van der Waals surface area (Å²) < 4.78 is 13.1. The number of urea groups is 1. The zero-order valence-corrected chi connectivity index (χ0v) is 14.2. The third kappa shape index (κ3) is 4.07. The lowest BCUT2D eigenvalue weighted by atomic mass is 9.86. The van der Waals surface area contributed by atoms with Crippen LogP contribution in [0.3, 0.4) is 0 Å². The van der Waals surface area contributed by atoms with E-state index in [1.807, 2.05) is 11.9 Å². The highest BCUT2D eigenvalue weighted by atomic mass is 19.1. The van der Waals surface area contributed by atoms with Crippen LogP contribution in [0.4, 0.5) is 9.18 Å². The molecule has 0 aromatic heterocycles. The van der Waals surface area contributed by atoms with Crippen molar-refractivity contribution >= 4 is 6.03 Å². The Kier molecular flexibility index (Phi) is 5.39. The summed E-state index contributed by atoms with van der Waals surface area (Å²) in [6.45, 7) is 0.247. The van der Waals surface area contributed by atoms with Crippen molar-refractivity contribution < 1.29 is 14.3 Å². The van der Waals surface area contributed by atoms with Crippen LogP contribution in [-0.4, -0.2) is 35.7 Å². The molecule has 0 radical (unpaired) electrons. The number of amides is 2. The monoisotopic (exact) mass is 334 g/mol. The lowest BCUT2D eigenvalue weighted by Gasteiger charge is -2.35. The highest BCUT2D eigenvalue weighted by molar-refractivity contribution is 5.75. The molecule has 0 saturated heterocycles. The second-order valence-corrected chi connectivity index (χ2v) is 7.28. The van der Waals surface area contributed by atoms with Crippen molar-refractivity contribution in [3.8, 4) is 0 Å². The van der Waals surface area contributed by atoms with Crippen molar-refractivity contribution in [3.63, 3.8) is 0 Å². The Hall–Kier alpha value is -1.62.